The van der Waals surface area contributed by atoms with E-state index in [0.29, 0.717) is 24.8 Å². The topological polar surface area (TPSA) is 95.5 Å². The van der Waals surface area contributed by atoms with Gasteiger partial charge in [-0.15, -0.1) is 0 Å². The monoisotopic (exact) mass is 460 g/mol. The summed E-state index contributed by atoms with van der Waals surface area (Å²) in [6.45, 7) is 3.17. The molecule has 0 aliphatic heterocycles. The van der Waals surface area contributed by atoms with Gasteiger partial charge in [-0.2, -0.15) is 0 Å². The Balaban J connectivity index is 1.73. The highest BCUT2D eigenvalue weighted by Crippen LogP contribution is 2.17. The fraction of sp³-hybridized carbons (Fsp3) is 0.321. The van der Waals surface area contributed by atoms with Crippen molar-refractivity contribution < 1.29 is 19.5 Å². The molecule has 0 bridgehead atoms. The van der Waals surface area contributed by atoms with Gasteiger partial charge in [0, 0.05) is 5.56 Å². The fourth-order valence-corrected chi connectivity index (χ4v) is 3.90. The SMILES string of the molecule is CCC(C)C(NC(=O)c1ccc2ccccc2c1)C(=O)NC(CCc1ccccc1)C(=O)CO. The van der Waals surface area contributed by atoms with Crippen LogP contribution in [0.5, 0.6) is 0 Å². The average Bonchev–Trinajstić information content (AvgIpc) is 2.88. The lowest BCUT2D eigenvalue weighted by molar-refractivity contribution is -0.131. The molecule has 34 heavy (non-hydrogen) atoms. The van der Waals surface area contributed by atoms with E-state index in [0.717, 1.165) is 16.3 Å². The number of carbonyl (C=O) groups is 3. The number of carbonyl (C=O) groups excluding carboxylic acids is 3. The summed E-state index contributed by atoms with van der Waals surface area (Å²) < 4.78 is 0. The van der Waals surface area contributed by atoms with Crippen LogP contribution in [0.4, 0.5) is 0 Å². The second-order valence-electron chi connectivity index (χ2n) is 8.61. The molecule has 0 radical (unpaired) electrons. The van der Waals surface area contributed by atoms with Crippen LogP contribution in [-0.4, -0.2) is 41.4 Å². The summed E-state index contributed by atoms with van der Waals surface area (Å²) in [7, 11) is 0. The van der Waals surface area contributed by atoms with Crippen LogP contribution < -0.4 is 10.6 Å². The smallest absolute Gasteiger partial charge is 0.251 e. The number of hydrogen-bond acceptors (Lipinski definition) is 4. The molecule has 3 aromatic rings. The van der Waals surface area contributed by atoms with Crippen LogP contribution in [0, 0.1) is 5.92 Å². The van der Waals surface area contributed by atoms with Gasteiger partial charge in [0.05, 0.1) is 6.04 Å². The molecule has 0 saturated carbocycles. The lowest BCUT2D eigenvalue weighted by Crippen LogP contribution is -2.54. The van der Waals surface area contributed by atoms with Gasteiger partial charge < -0.3 is 15.7 Å². The van der Waals surface area contributed by atoms with Gasteiger partial charge in [-0.3, -0.25) is 14.4 Å². The Kier molecular flexibility index (Phi) is 8.93. The fourth-order valence-electron chi connectivity index (χ4n) is 3.90. The number of hydrogen-bond donors (Lipinski definition) is 3. The molecule has 3 unspecified atom stereocenters. The first-order chi connectivity index (χ1) is 16.4. The second-order valence-corrected chi connectivity index (χ2v) is 8.61. The van der Waals surface area contributed by atoms with Gasteiger partial charge in [0.15, 0.2) is 5.78 Å². The number of aryl methyl sites for hydroxylation is 1. The Labute approximate surface area is 200 Å². The predicted octanol–water partition coefficient (Wildman–Crippen LogP) is 3.66. The summed E-state index contributed by atoms with van der Waals surface area (Å²) in [6.07, 6.45) is 1.61. The van der Waals surface area contributed by atoms with Crippen molar-refractivity contribution >= 4 is 28.4 Å². The van der Waals surface area contributed by atoms with Gasteiger partial charge in [-0.25, -0.2) is 0 Å². The molecule has 6 heteroatoms. The maximum Gasteiger partial charge on any atom is 0.251 e. The molecule has 0 saturated heterocycles. The first kappa shape index (κ1) is 25.1. The molecule has 178 valence electrons. The zero-order valence-electron chi connectivity index (χ0n) is 19.7. The summed E-state index contributed by atoms with van der Waals surface area (Å²) in [5, 5.41) is 17.0. The number of Topliss-reactive ketones (excluding diaryl/α,β-unsaturated/α-hetero) is 1. The van der Waals surface area contributed by atoms with Gasteiger partial charge in [0.25, 0.3) is 5.91 Å². The summed E-state index contributed by atoms with van der Waals surface area (Å²) in [6, 6.07) is 21.2. The van der Waals surface area contributed by atoms with Gasteiger partial charge in [-0.1, -0.05) is 80.9 Å². The quantitative estimate of drug-likeness (QED) is 0.407. The van der Waals surface area contributed by atoms with Crippen LogP contribution in [0.1, 0.15) is 42.6 Å². The number of ketones is 1. The van der Waals surface area contributed by atoms with Crippen molar-refractivity contribution in [2.24, 2.45) is 5.92 Å². The minimum Gasteiger partial charge on any atom is -0.389 e. The van der Waals surface area contributed by atoms with E-state index in [4.69, 9.17) is 0 Å². The number of rotatable bonds is 11. The van der Waals surface area contributed by atoms with E-state index < -0.39 is 30.4 Å². The molecule has 0 fully saturated rings. The van der Waals surface area contributed by atoms with Crippen molar-refractivity contribution in [3.8, 4) is 0 Å². The second kappa shape index (κ2) is 12.1. The van der Waals surface area contributed by atoms with E-state index in [-0.39, 0.29) is 11.8 Å². The van der Waals surface area contributed by atoms with Gasteiger partial charge in [0.1, 0.15) is 12.6 Å². The summed E-state index contributed by atoms with van der Waals surface area (Å²) >= 11 is 0. The first-order valence-corrected chi connectivity index (χ1v) is 11.7. The highest BCUT2D eigenvalue weighted by Gasteiger charge is 2.29. The summed E-state index contributed by atoms with van der Waals surface area (Å²) in [4.78, 5) is 38.6. The number of fused-ring (bicyclic) bond motifs is 1. The first-order valence-electron chi connectivity index (χ1n) is 11.7. The minimum absolute atomic E-state index is 0.150. The molecule has 0 aliphatic rings. The number of amides is 2. The Hall–Kier alpha value is -3.51. The van der Waals surface area contributed by atoms with Crippen LogP contribution in [0.3, 0.4) is 0 Å². The lowest BCUT2D eigenvalue weighted by Gasteiger charge is -2.26. The standard InChI is InChI=1S/C28H32N2O4/c1-3-19(2)26(30-27(33)23-15-14-21-11-7-8-12-22(21)17-23)28(34)29-24(25(32)18-31)16-13-20-9-5-4-6-10-20/h4-12,14-15,17,19,24,26,31H,3,13,16,18H2,1-2H3,(H,29,34)(H,30,33). The maximum absolute atomic E-state index is 13.2. The molecule has 0 spiro atoms. The van der Waals surface area contributed by atoms with Crippen LogP contribution >= 0.6 is 0 Å². The Bertz CT molecular complexity index is 1130. The zero-order chi connectivity index (χ0) is 24.5. The van der Waals surface area contributed by atoms with Crippen molar-refractivity contribution in [2.45, 2.75) is 45.2 Å². The molecule has 0 aliphatic carbocycles. The zero-order valence-corrected chi connectivity index (χ0v) is 19.7. The van der Waals surface area contributed by atoms with Crippen LogP contribution in [0.15, 0.2) is 72.8 Å². The summed E-state index contributed by atoms with van der Waals surface area (Å²) in [5.41, 5.74) is 1.50. The average molecular weight is 461 g/mol. The molecule has 2 amide bonds. The van der Waals surface area contributed by atoms with E-state index in [1.165, 1.54) is 0 Å². The normalized spacial score (nSPS) is 13.6. The van der Waals surface area contributed by atoms with Crippen molar-refractivity contribution in [1.29, 1.82) is 0 Å². The molecule has 3 rings (SSSR count). The van der Waals surface area contributed by atoms with Crippen molar-refractivity contribution in [2.75, 3.05) is 6.61 Å². The highest BCUT2D eigenvalue weighted by atomic mass is 16.3. The van der Waals surface area contributed by atoms with E-state index in [9.17, 15) is 19.5 Å². The van der Waals surface area contributed by atoms with Crippen LogP contribution in [0.25, 0.3) is 10.8 Å². The van der Waals surface area contributed by atoms with Gasteiger partial charge in [-0.05, 0) is 47.2 Å². The number of benzene rings is 3. The van der Waals surface area contributed by atoms with E-state index >= 15 is 0 Å². The van der Waals surface area contributed by atoms with E-state index in [1.807, 2.05) is 74.5 Å². The Morgan fingerprint density at radius 2 is 1.56 bits per heavy atom. The molecule has 3 N–H and O–H groups in total. The molecule has 0 aromatic heterocycles. The third-order valence-corrected chi connectivity index (χ3v) is 6.22. The maximum atomic E-state index is 13.2. The van der Waals surface area contributed by atoms with Crippen molar-refractivity contribution in [1.82, 2.24) is 10.6 Å². The minimum atomic E-state index is -0.832. The van der Waals surface area contributed by atoms with Gasteiger partial charge >= 0.3 is 0 Å². The Morgan fingerprint density at radius 3 is 2.24 bits per heavy atom. The predicted molar refractivity (Wildman–Crippen MR) is 133 cm³/mol. The number of nitrogens with one attached hydrogen (secondary N) is 2. The van der Waals surface area contributed by atoms with E-state index in [1.54, 1.807) is 12.1 Å². The van der Waals surface area contributed by atoms with Crippen LogP contribution in [-0.2, 0) is 16.0 Å². The molecule has 3 aromatic carbocycles. The molecule has 3 atom stereocenters. The number of aliphatic hydroxyl groups excluding tert-OH is 1. The molecular formula is C28H32N2O4. The van der Waals surface area contributed by atoms with Crippen molar-refractivity contribution in [3.63, 3.8) is 0 Å². The Morgan fingerprint density at radius 1 is 0.882 bits per heavy atom. The largest absolute Gasteiger partial charge is 0.389 e. The number of aliphatic hydroxyl groups is 1. The van der Waals surface area contributed by atoms with Crippen LogP contribution in [0.2, 0.25) is 0 Å². The third kappa shape index (κ3) is 6.51. The summed E-state index contributed by atoms with van der Waals surface area (Å²) in [5.74, 6) is -1.37. The lowest BCUT2D eigenvalue weighted by atomic mass is 9.96. The molecular weight excluding hydrogens is 428 g/mol. The molecule has 6 nitrogen and oxygen atoms in total. The highest BCUT2D eigenvalue weighted by molar-refractivity contribution is 6.01. The third-order valence-electron chi connectivity index (χ3n) is 6.22. The van der Waals surface area contributed by atoms with Crippen molar-refractivity contribution in [3.05, 3.63) is 83.9 Å². The molecule has 0 heterocycles. The van der Waals surface area contributed by atoms with E-state index in [2.05, 4.69) is 10.6 Å². The van der Waals surface area contributed by atoms with Gasteiger partial charge in [0.2, 0.25) is 5.91 Å².